The maximum Gasteiger partial charge on any atom is 0.113 e. The van der Waals surface area contributed by atoms with Gasteiger partial charge in [0.25, 0.3) is 0 Å². The van der Waals surface area contributed by atoms with Crippen molar-refractivity contribution in [1.29, 1.82) is 0 Å². The molecule has 10 atom stereocenters. The van der Waals surface area contributed by atoms with Crippen LogP contribution in [0, 0.1) is 29.6 Å². The molecule has 0 radical (unpaired) electrons. The SMILES string of the molecule is CC/C(C)=C/C=C/C=C/[C@@H](C)CC(C)C(O)[C@H](OC)C(O)/C(C)=C/[C@@H](C)C(O)CC[C@H](C)CC1CCCC(OC)C1. The Balaban J connectivity index is 2.60. The molecule has 1 saturated carbocycles. The van der Waals surface area contributed by atoms with Crippen LogP contribution in [-0.2, 0) is 9.47 Å². The van der Waals surface area contributed by atoms with Gasteiger partial charge >= 0.3 is 0 Å². The Morgan fingerprint density at radius 2 is 1.66 bits per heavy atom. The Morgan fingerprint density at radius 1 is 0.951 bits per heavy atom. The first kappa shape index (κ1) is 37.8. The molecule has 0 aliphatic heterocycles. The second-order valence-electron chi connectivity index (χ2n) is 13.1. The minimum atomic E-state index is -0.937. The molecular weight excluding hydrogens is 512 g/mol. The third-order valence-corrected chi connectivity index (χ3v) is 9.21. The molecule has 0 bridgehead atoms. The van der Waals surface area contributed by atoms with Gasteiger partial charge in [-0.2, -0.15) is 0 Å². The minimum absolute atomic E-state index is 0.0545. The van der Waals surface area contributed by atoms with E-state index >= 15 is 0 Å². The van der Waals surface area contributed by atoms with Crippen molar-refractivity contribution in [3.63, 3.8) is 0 Å². The molecule has 0 amide bonds. The predicted molar refractivity (Wildman–Crippen MR) is 173 cm³/mol. The van der Waals surface area contributed by atoms with E-state index in [4.69, 9.17) is 9.47 Å². The van der Waals surface area contributed by atoms with Gasteiger partial charge in [0.15, 0.2) is 0 Å². The summed E-state index contributed by atoms with van der Waals surface area (Å²) >= 11 is 0. The molecule has 1 aliphatic rings. The second kappa shape index (κ2) is 20.6. The van der Waals surface area contributed by atoms with Crippen molar-refractivity contribution in [2.45, 2.75) is 137 Å². The number of rotatable bonds is 19. The van der Waals surface area contributed by atoms with E-state index in [2.05, 4.69) is 52.0 Å². The largest absolute Gasteiger partial charge is 0.393 e. The van der Waals surface area contributed by atoms with Gasteiger partial charge in [0, 0.05) is 20.1 Å². The molecule has 5 nitrogen and oxygen atoms in total. The summed E-state index contributed by atoms with van der Waals surface area (Å²) in [5, 5.41) is 33.1. The molecule has 238 valence electrons. The van der Waals surface area contributed by atoms with Gasteiger partial charge in [0.05, 0.1) is 18.3 Å². The van der Waals surface area contributed by atoms with Gasteiger partial charge in [-0.3, -0.25) is 0 Å². The minimum Gasteiger partial charge on any atom is -0.393 e. The Morgan fingerprint density at radius 3 is 2.29 bits per heavy atom. The Labute approximate surface area is 252 Å². The van der Waals surface area contributed by atoms with E-state index in [1.54, 1.807) is 0 Å². The highest BCUT2D eigenvalue weighted by Crippen LogP contribution is 2.32. The zero-order chi connectivity index (χ0) is 30.9. The maximum absolute atomic E-state index is 11.1. The molecule has 0 aromatic heterocycles. The van der Waals surface area contributed by atoms with E-state index in [-0.39, 0.29) is 17.8 Å². The third kappa shape index (κ3) is 14.7. The topological polar surface area (TPSA) is 79.2 Å². The van der Waals surface area contributed by atoms with Gasteiger partial charge in [0.1, 0.15) is 12.2 Å². The van der Waals surface area contributed by atoms with E-state index in [1.807, 2.05) is 40.0 Å². The van der Waals surface area contributed by atoms with Crippen molar-refractivity contribution >= 4 is 0 Å². The maximum atomic E-state index is 11.1. The van der Waals surface area contributed by atoms with E-state index in [0.717, 1.165) is 43.6 Å². The molecule has 0 saturated heterocycles. The standard InChI is InChI=1S/C36H64O5/c1-10-25(2)15-12-11-13-16-26(3)21-29(6)34(38)36(41-9)35(39)30(7)23-28(5)33(37)20-19-27(4)22-31-17-14-18-32(24-31)40-8/h11-13,15-16,23,26-29,31-39H,10,14,17-22,24H2,1-9H3/b12-11+,16-13+,25-15+,30-23+/t26-,27+,28-,29?,31?,32?,33?,34?,35?,36+/m1/s1. The monoisotopic (exact) mass is 576 g/mol. The fourth-order valence-corrected chi connectivity index (χ4v) is 6.20. The zero-order valence-corrected chi connectivity index (χ0v) is 27.8. The van der Waals surface area contributed by atoms with Crippen LogP contribution in [0.1, 0.15) is 106 Å². The van der Waals surface area contributed by atoms with Crippen molar-refractivity contribution in [3.05, 3.63) is 47.6 Å². The van der Waals surface area contributed by atoms with Gasteiger partial charge in [0.2, 0.25) is 0 Å². The summed E-state index contributed by atoms with van der Waals surface area (Å²) in [6, 6.07) is 0. The van der Waals surface area contributed by atoms with Crippen LogP contribution >= 0.6 is 0 Å². The highest BCUT2D eigenvalue weighted by atomic mass is 16.5. The quantitative estimate of drug-likeness (QED) is 0.108. The van der Waals surface area contributed by atoms with Crippen molar-refractivity contribution in [2.75, 3.05) is 14.2 Å². The van der Waals surface area contributed by atoms with Crippen molar-refractivity contribution < 1.29 is 24.8 Å². The summed E-state index contributed by atoms with van der Waals surface area (Å²) < 4.78 is 11.2. The fourth-order valence-electron chi connectivity index (χ4n) is 6.20. The van der Waals surface area contributed by atoms with Gasteiger partial charge < -0.3 is 24.8 Å². The van der Waals surface area contributed by atoms with Crippen LogP contribution in [0.5, 0.6) is 0 Å². The fraction of sp³-hybridized carbons (Fsp3) is 0.778. The summed E-state index contributed by atoms with van der Waals surface area (Å²) in [5.41, 5.74) is 2.07. The molecule has 3 N–H and O–H groups in total. The number of allylic oxidation sites excluding steroid dienone is 6. The Kier molecular flexibility index (Phi) is 19.0. The number of aliphatic hydroxyl groups excluding tert-OH is 3. The average molecular weight is 577 g/mol. The summed E-state index contributed by atoms with van der Waals surface area (Å²) in [7, 11) is 3.36. The summed E-state index contributed by atoms with van der Waals surface area (Å²) in [5.74, 6) is 1.43. The molecular formula is C36H64O5. The van der Waals surface area contributed by atoms with E-state index < -0.39 is 24.4 Å². The third-order valence-electron chi connectivity index (χ3n) is 9.21. The molecule has 1 aliphatic carbocycles. The lowest BCUT2D eigenvalue weighted by molar-refractivity contribution is -0.0893. The van der Waals surface area contributed by atoms with Gasteiger partial charge in [-0.15, -0.1) is 0 Å². The molecule has 5 heteroatoms. The highest BCUT2D eigenvalue weighted by Gasteiger charge is 2.32. The predicted octanol–water partition coefficient (Wildman–Crippen LogP) is 7.81. The lowest BCUT2D eigenvalue weighted by atomic mass is 9.80. The molecule has 0 heterocycles. The van der Waals surface area contributed by atoms with Crippen LogP contribution in [-0.4, -0.2) is 60.1 Å². The molecule has 1 fully saturated rings. The van der Waals surface area contributed by atoms with Crippen LogP contribution < -0.4 is 0 Å². The van der Waals surface area contributed by atoms with E-state index in [1.165, 1.54) is 38.4 Å². The lowest BCUT2D eigenvalue weighted by Gasteiger charge is -2.32. The first-order chi connectivity index (χ1) is 19.4. The first-order valence-corrected chi connectivity index (χ1v) is 16.2. The van der Waals surface area contributed by atoms with Crippen LogP contribution in [0.2, 0.25) is 0 Å². The summed E-state index contributed by atoms with van der Waals surface area (Å²) in [4.78, 5) is 0. The number of methoxy groups -OCH3 is 2. The van der Waals surface area contributed by atoms with Gasteiger partial charge in [-0.1, -0.05) is 89.5 Å². The number of ether oxygens (including phenoxy) is 2. The summed E-state index contributed by atoms with van der Waals surface area (Å²) in [6.45, 7) is 14.6. The molecule has 1 rings (SSSR count). The zero-order valence-electron chi connectivity index (χ0n) is 27.8. The van der Waals surface area contributed by atoms with Gasteiger partial charge in [-0.05, 0) is 88.0 Å². The second-order valence-corrected chi connectivity index (χ2v) is 13.1. The number of hydrogen-bond acceptors (Lipinski definition) is 5. The molecule has 0 spiro atoms. The first-order valence-electron chi connectivity index (χ1n) is 16.2. The van der Waals surface area contributed by atoms with Gasteiger partial charge in [-0.25, -0.2) is 0 Å². The smallest absolute Gasteiger partial charge is 0.113 e. The lowest BCUT2D eigenvalue weighted by Crippen LogP contribution is -2.43. The van der Waals surface area contributed by atoms with Crippen molar-refractivity contribution in [3.8, 4) is 0 Å². The molecule has 0 aromatic carbocycles. The normalized spacial score (nSPS) is 25.2. The van der Waals surface area contributed by atoms with E-state index in [9.17, 15) is 15.3 Å². The van der Waals surface area contributed by atoms with Crippen LogP contribution in [0.4, 0.5) is 0 Å². The average Bonchev–Trinajstić information content (AvgIpc) is 2.95. The number of hydrogen-bond donors (Lipinski definition) is 3. The summed E-state index contributed by atoms with van der Waals surface area (Å²) in [6.07, 6.45) is 19.5. The molecule has 6 unspecified atom stereocenters. The highest BCUT2D eigenvalue weighted by molar-refractivity contribution is 5.15. The van der Waals surface area contributed by atoms with Crippen LogP contribution in [0.15, 0.2) is 47.6 Å². The van der Waals surface area contributed by atoms with Crippen molar-refractivity contribution in [2.24, 2.45) is 29.6 Å². The van der Waals surface area contributed by atoms with Crippen LogP contribution in [0.3, 0.4) is 0 Å². The number of aliphatic hydroxyl groups is 3. The Hall–Kier alpha value is -1.24. The molecule has 41 heavy (non-hydrogen) atoms. The van der Waals surface area contributed by atoms with E-state index in [0.29, 0.717) is 12.0 Å². The Bertz CT molecular complexity index is 815. The van der Waals surface area contributed by atoms with Crippen LogP contribution in [0.25, 0.3) is 0 Å². The molecule has 0 aromatic rings. The van der Waals surface area contributed by atoms with Crippen molar-refractivity contribution in [1.82, 2.24) is 0 Å².